The first-order valence-corrected chi connectivity index (χ1v) is 6.63. The van der Waals surface area contributed by atoms with E-state index in [1.165, 1.54) is 25.7 Å². The molecule has 0 unspecified atom stereocenters. The summed E-state index contributed by atoms with van der Waals surface area (Å²) in [6, 6.07) is 0. The number of epoxide rings is 1. The first-order valence-electron chi connectivity index (χ1n) is 6.63. The highest BCUT2D eigenvalue weighted by Crippen LogP contribution is 2.25. The minimum Gasteiger partial charge on any atom is -0.356 e. The smallest absolute Gasteiger partial charge is 0.144 e. The van der Waals surface area contributed by atoms with Crippen molar-refractivity contribution in [1.29, 1.82) is 0 Å². The van der Waals surface area contributed by atoms with Crippen molar-refractivity contribution in [2.24, 2.45) is 0 Å². The Kier molecular flexibility index (Phi) is 7.01. The van der Waals surface area contributed by atoms with E-state index in [0.717, 1.165) is 19.3 Å². The first-order chi connectivity index (χ1) is 7.88. The number of unbranched alkanes of at least 4 members (excludes halogenated alkanes) is 4. The monoisotopic (exact) mass is 220 g/mol. The van der Waals surface area contributed by atoms with Gasteiger partial charge in [-0.3, -0.25) is 0 Å². The van der Waals surface area contributed by atoms with Gasteiger partial charge in [0.2, 0.25) is 0 Å². The van der Waals surface area contributed by atoms with Gasteiger partial charge in [-0.2, -0.15) is 0 Å². The van der Waals surface area contributed by atoms with Crippen LogP contribution < -0.4 is 0 Å². The van der Waals surface area contributed by atoms with Gasteiger partial charge in [-0.05, 0) is 26.2 Å². The van der Waals surface area contributed by atoms with Crippen molar-refractivity contribution >= 4 is 0 Å². The molecule has 90 valence electrons. The quantitative estimate of drug-likeness (QED) is 0.272. The molecule has 0 aromatic rings. The second kappa shape index (κ2) is 8.42. The molecule has 0 radical (unpaired) electrons. The van der Waals surface area contributed by atoms with Crippen LogP contribution in [-0.2, 0) is 4.74 Å². The third-order valence-corrected chi connectivity index (χ3v) is 2.84. The van der Waals surface area contributed by atoms with Crippen LogP contribution >= 0.6 is 0 Å². The van der Waals surface area contributed by atoms with Crippen LogP contribution in [0.3, 0.4) is 0 Å². The fourth-order valence-corrected chi connectivity index (χ4v) is 1.73. The first kappa shape index (κ1) is 13.3. The van der Waals surface area contributed by atoms with Gasteiger partial charge in [0, 0.05) is 6.42 Å². The average molecular weight is 220 g/mol. The van der Waals surface area contributed by atoms with E-state index in [2.05, 4.69) is 37.8 Å². The molecule has 1 rings (SSSR count). The molecule has 1 heterocycles. The van der Waals surface area contributed by atoms with Crippen molar-refractivity contribution in [2.45, 2.75) is 71.0 Å². The lowest BCUT2D eigenvalue weighted by molar-refractivity contribution is 0.383. The van der Waals surface area contributed by atoms with E-state index < -0.39 is 0 Å². The fourth-order valence-electron chi connectivity index (χ4n) is 1.73. The van der Waals surface area contributed by atoms with E-state index in [4.69, 9.17) is 4.74 Å². The Morgan fingerprint density at radius 2 is 2.12 bits per heavy atom. The van der Waals surface area contributed by atoms with Crippen LogP contribution in [0.4, 0.5) is 0 Å². The maximum atomic E-state index is 5.48. The molecule has 0 aromatic heterocycles. The van der Waals surface area contributed by atoms with Crippen molar-refractivity contribution in [3.05, 3.63) is 12.2 Å². The van der Waals surface area contributed by atoms with E-state index in [1.807, 2.05) is 0 Å². The SMILES string of the molecule is C/C=C\CC[C@@H]1O[C@@H]1C#CCCCCCC. The lowest BCUT2D eigenvalue weighted by Crippen LogP contribution is -1.89. The molecule has 1 saturated heterocycles. The zero-order valence-corrected chi connectivity index (χ0v) is 10.7. The lowest BCUT2D eigenvalue weighted by Gasteiger charge is -1.91. The number of hydrogen-bond acceptors (Lipinski definition) is 1. The van der Waals surface area contributed by atoms with Gasteiger partial charge in [0.1, 0.15) is 6.10 Å². The zero-order chi connectivity index (χ0) is 11.6. The van der Waals surface area contributed by atoms with E-state index in [1.54, 1.807) is 0 Å². The third-order valence-electron chi connectivity index (χ3n) is 2.84. The molecule has 0 spiro atoms. The van der Waals surface area contributed by atoms with E-state index in [0.29, 0.717) is 6.10 Å². The van der Waals surface area contributed by atoms with Crippen LogP contribution in [0.2, 0.25) is 0 Å². The second-order valence-corrected chi connectivity index (χ2v) is 4.37. The Bertz CT molecular complexity index is 256. The summed E-state index contributed by atoms with van der Waals surface area (Å²) in [4.78, 5) is 0. The van der Waals surface area contributed by atoms with E-state index in [9.17, 15) is 0 Å². The summed E-state index contributed by atoms with van der Waals surface area (Å²) in [6.45, 7) is 4.29. The summed E-state index contributed by atoms with van der Waals surface area (Å²) in [5, 5.41) is 0. The van der Waals surface area contributed by atoms with Crippen molar-refractivity contribution in [3.63, 3.8) is 0 Å². The van der Waals surface area contributed by atoms with Gasteiger partial charge in [-0.15, -0.1) is 5.92 Å². The molecule has 1 heteroatoms. The van der Waals surface area contributed by atoms with Crippen LogP contribution in [0, 0.1) is 11.8 Å². The Morgan fingerprint density at radius 3 is 2.88 bits per heavy atom. The summed E-state index contributed by atoms with van der Waals surface area (Å²) in [5.41, 5.74) is 0. The molecule has 0 saturated carbocycles. The summed E-state index contributed by atoms with van der Waals surface area (Å²) in [6.07, 6.45) is 13.4. The summed E-state index contributed by atoms with van der Waals surface area (Å²) < 4.78 is 5.48. The summed E-state index contributed by atoms with van der Waals surface area (Å²) >= 11 is 0. The molecule has 0 aliphatic carbocycles. The molecule has 0 bridgehead atoms. The summed E-state index contributed by atoms with van der Waals surface area (Å²) in [5.74, 6) is 6.45. The highest BCUT2D eigenvalue weighted by atomic mass is 16.6. The van der Waals surface area contributed by atoms with E-state index in [-0.39, 0.29) is 6.10 Å². The summed E-state index contributed by atoms with van der Waals surface area (Å²) in [7, 11) is 0. The molecular weight excluding hydrogens is 196 g/mol. The Hall–Kier alpha value is -0.740. The van der Waals surface area contributed by atoms with Crippen molar-refractivity contribution < 1.29 is 4.74 Å². The third kappa shape index (κ3) is 5.98. The van der Waals surface area contributed by atoms with Crippen molar-refractivity contribution in [1.82, 2.24) is 0 Å². The Labute approximate surface area is 100 Å². The topological polar surface area (TPSA) is 12.5 Å². The predicted molar refractivity (Wildman–Crippen MR) is 69.2 cm³/mol. The van der Waals surface area contributed by atoms with Gasteiger partial charge >= 0.3 is 0 Å². The molecule has 0 aromatic carbocycles. The van der Waals surface area contributed by atoms with E-state index >= 15 is 0 Å². The van der Waals surface area contributed by atoms with Gasteiger partial charge in [0.25, 0.3) is 0 Å². The maximum Gasteiger partial charge on any atom is 0.144 e. The molecular formula is C15H24O. The van der Waals surface area contributed by atoms with Gasteiger partial charge in [-0.25, -0.2) is 0 Å². The van der Waals surface area contributed by atoms with Crippen LogP contribution in [0.5, 0.6) is 0 Å². The van der Waals surface area contributed by atoms with Gasteiger partial charge in [-0.1, -0.05) is 44.3 Å². The van der Waals surface area contributed by atoms with Gasteiger partial charge in [0.05, 0.1) is 6.10 Å². The van der Waals surface area contributed by atoms with Crippen molar-refractivity contribution in [3.8, 4) is 11.8 Å². The average Bonchev–Trinajstić information content (AvgIpc) is 3.03. The highest BCUT2D eigenvalue weighted by molar-refractivity contribution is 5.14. The molecule has 1 aliphatic heterocycles. The molecule has 0 amide bonds. The number of ether oxygens (including phenoxy) is 1. The van der Waals surface area contributed by atoms with Crippen LogP contribution in [0.1, 0.15) is 58.8 Å². The lowest BCUT2D eigenvalue weighted by atomic mass is 10.1. The fraction of sp³-hybridized carbons (Fsp3) is 0.733. The number of allylic oxidation sites excluding steroid dienone is 2. The largest absolute Gasteiger partial charge is 0.356 e. The van der Waals surface area contributed by atoms with Crippen LogP contribution in [-0.4, -0.2) is 12.2 Å². The van der Waals surface area contributed by atoms with Gasteiger partial charge in [0.15, 0.2) is 0 Å². The molecule has 16 heavy (non-hydrogen) atoms. The standard InChI is InChI=1S/C15H24O/c1-3-5-7-8-9-11-13-15-14(16-15)12-10-6-4-2/h4,6,14-15H,3,5,7-10,12H2,1-2H3/b6-4-/t14-,15+/m0/s1. The molecule has 1 aliphatic rings. The van der Waals surface area contributed by atoms with Crippen molar-refractivity contribution in [2.75, 3.05) is 0 Å². The zero-order valence-electron chi connectivity index (χ0n) is 10.7. The number of hydrogen-bond donors (Lipinski definition) is 0. The molecule has 1 fully saturated rings. The Balaban J connectivity index is 1.96. The molecule has 2 atom stereocenters. The second-order valence-electron chi connectivity index (χ2n) is 4.37. The normalized spacial score (nSPS) is 23.1. The van der Waals surface area contributed by atoms with Crippen LogP contribution in [0.15, 0.2) is 12.2 Å². The molecule has 1 nitrogen and oxygen atoms in total. The van der Waals surface area contributed by atoms with Gasteiger partial charge < -0.3 is 4.74 Å². The predicted octanol–water partition coefficient (Wildman–Crippen LogP) is 4.08. The molecule has 0 N–H and O–H groups in total. The highest BCUT2D eigenvalue weighted by Gasteiger charge is 2.36. The maximum absolute atomic E-state index is 5.48. The van der Waals surface area contributed by atoms with Crippen LogP contribution in [0.25, 0.3) is 0 Å². The Morgan fingerprint density at radius 1 is 1.25 bits per heavy atom. The number of rotatable bonds is 7. The minimum absolute atomic E-state index is 0.247. The minimum atomic E-state index is 0.247.